The Morgan fingerprint density at radius 3 is 2.16 bits per heavy atom. The molecule has 122 valence electrons. The van der Waals surface area contributed by atoms with Crippen LogP contribution in [0.1, 0.15) is 28.4 Å². The largest absolute Gasteiger partial charge is 0.374 e. The summed E-state index contributed by atoms with van der Waals surface area (Å²) >= 11 is 0. The molecule has 1 unspecified atom stereocenters. The lowest BCUT2D eigenvalue weighted by Gasteiger charge is -2.08. The molecule has 0 saturated heterocycles. The maximum Gasteiger partial charge on any atom is 0.213 e. The molecule has 0 radical (unpaired) electrons. The molecule has 0 spiro atoms. The van der Waals surface area contributed by atoms with Gasteiger partial charge in [0.25, 0.3) is 0 Å². The van der Waals surface area contributed by atoms with Crippen molar-refractivity contribution in [3.05, 3.63) is 107 Å². The molecule has 3 aromatic carbocycles. The van der Waals surface area contributed by atoms with E-state index in [1.165, 1.54) is 5.56 Å². The van der Waals surface area contributed by atoms with Crippen molar-refractivity contribution in [3.8, 4) is 11.8 Å². The highest BCUT2D eigenvalue weighted by Gasteiger charge is 2.08. The Bertz CT molecular complexity index is 872. The van der Waals surface area contributed by atoms with Gasteiger partial charge in [-0.25, -0.2) is 0 Å². The molecule has 0 heterocycles. The van der Waals surface area contributed by atoms with Gasteiger partial charge < -0.3 is 4.84 Å². The van der Waals surface area contributed by atoms with Crippen LogP contribution in [0.2, 0.25) is 0 Å². The van der Waals surface area contributed by atoms with E-state index in [1.807, 2.05) is 72.8 Å². The molecule has 3 rings (SSSR count). The van der Waals surface area contributed by atoms with E-state index in [9.17, 15) is 0 Å². The second-order valence-corrected chi connectivity index (χ2v) is 5.68. The van der Waals surface area contributed by atoms with Crippen molar-refractivity contribution >= 4 is 6.21 Å². The zero-order valence-corrected chi connectivity index (χ0v) is 14.1. The average molecular weight is 325 g/mol. The number of hydrogen-bond acceptors (Lipinski definition) is 2. The third-order valence-electron chi connectivity index (χ3n) is 3.67. The number of aryl methyl sites for hydroxylation is 1. The summed E-state index contributed by atoms with van der Waals surface area (Å²) in [6.45, 7) is 2.06. The minimum absolute atomic E-state index is 0.414. The highest BCUT2D eigenvalue weighted by atomic mass is 16.6. The van der Waals surface area contributed by atoms with Crippen LogP contribution in [0, 0.1) is 18.8 Å². The van der Waals surface area contributed by atoms with Gasteiger partial charge in [-0.2, -0.15) is 0 Å². The summed E-state index contributed by atoms with van der Waals surface area (Å²) in [5, 5.41) is 4.12. The van der Waals surface area contributed by atoms with Crippen LogP contribution >= 0.6 is 0 Å². The molecule has 0 aliphatic heterocycles. The SMILES string of the molecule is Cc1ccc(C#CC(O/N=C/c2ccccc2)c2ccccc2)cc1. The van der Waals surface area contributed by atoms with Gasteiger partial charge in [-0.3, -0.25) is 0 Å². The van der Waals surface area contributed by atoms with Gasteiger partial charge in [-0.1, -0.05) is 89.4 Å². The standard InChI is InChI=1S/C23H19NO/c1-19-12-14-20(15-13-19)16-17-23(22-10-6-3-7-11-22)25-24-18-21-8-4-2-5-9-21/h2-15,18,23H,1H3/b24-18+. The Labute approximate surface area is 148 Å². The van der Waals surface area contributed by atoms with E-state index in [2.05, 4.69) is 36.1 Å². The smallest absolute Gasteiger partial charge is 0.213 e. The molecule has 0 aliphatic rings. The monoisotopic (exact) mass is 325 g/mol. The maximum atomic E-state index is 5.67. The second kappa shape index (κ2) is 8.52. The van der Waals surface area contributed by atoms with Gasteiger partial charge in [0.15, 0.2) is 0 Å². The quantitative estimate of drug-likeness (QED) is 0.370. The molecular weight excluding hydrogens is 306 g/mol. The first kappa shape index (κ1) is 16.5. The number of benzene rings is 3. The third-order valence-corrected chi connectivity index (χ3v) is 3.67. The van der Waals surface area contributed by atoms with Gasteiger partial charge in [0.1, 0.15) is 0 Å². The lowest BCUT2D eigenvalue weighted by Crippen LogP contribution is -1.98. The molecule has 0 fully saturated rings. The highest BCUT2D eigenvalue weighted by Crippen LogP contribution is 2.17. The van der Waals surface area contributed by atoms with Crippen molar-refractivity contribution in [2.45, 2.75) is 13.0 Å². The molecule has 0 aromatic heterocycles. The number of oxime groups is 1. The molecule has 3 aromatic rings. The van der Waals surface area contributed by atoms with E-state index >= 15 is 0 Å². The summed E-state index contributed by atoms with van der Waals surface area (Å²) in [5.41, 5.74) is 4.14. The topological polar surface area (TPSA) is 21.6 Å². The summed E-state index contributed by atoms with van der Waals surface area (Å²) in [7, 11) is 0. The lowest BCUT2D eigenvalue weighted by molar-refractivity contribution is 0.101. The Morgan fingerprint density at radius 2 is 1.48 bits per heavy atom. The molecule has 25 heavy (non-hydrogen) atoms. The van der Waals surface area contributed by atoms with Crippen molar-refractivity contribution in [3.63, 3.8) is 0 Å². The fraction of sp³-hybridized carbons (Fsp3) is 0.0870. The number of nitrogens with zero attached hydrogens (tertiary/aromatic N) is 1. The summed E-state index contributed by atoms with van der Waals surface area (Å²) in [6.07, 6.45) is 1.28. The van der Waals surface area contributed by atoms with E-state index in [-0.39, 0.29) is 0 Å². The fourth-order valence-corrected chi connectivity index (χ4v) is 2.28. The fourth-order valence-electron chi connectivity index (χ4n) is 2.28. The predicted molar refractivity (Wildman–Crippen MR) is 102 cm³/mol. The highest BCUT2D eigenvalue weighted by molar-refractivity contribution is 5.78. The molecule has 0 aliphatic carbocycles. The summed E-state index contributed by atoms with van der Waals surface area (Å²) < 4.78 is 0. The van der Waals surface area contributed by atoms with E-state index in [0.717, 1.165) is 16.7 Å². The van der Waals surface area contributed by atoms with Crippen LogP contribution in [-0.4, -0.2) is 6.21 Å². The zero-order chi connectivity index (χ0) is 17.3. The van der Waals surface area contributed by atoms with E-state index in [4.69, 9.17) is 4.84 Å². The van der Waals surface area contributed by atoms with Crippen molar-refractivity contribution in [1.29, 1.82) is 0 Å². The van der Waals surface area contributed by atoms with E-state index in [0.29, 0.717) is 0 Å². The maximum absolute atomic E-state index is 5.67. The number of hydrogen-bond donors (Lipinski definition) is 0. The van der Waals surface area contributed by atoms with Gasteiger partial charge >= 0.3 is 0 Å². The normalized spacial score (nSPS) is 11.6. The molecule has 0 bridgehead atoms. The molecule has 2 heteroatoms. The van der Waals surface area contributed by atoms with Crippen LogP contribution in [0.4, 0.5) is 0 Å². The van der Waals surface area contributed by atoms with Crippen LogP contribution in [0.5, 0.6) is 0 Å². The lowest BCUT2D eigenvalue weighted by atomic mass is 10.1. The van der Waals surface area contributed by atoms with Gasteiger partial charge in [-0.05, 0) is 30.5 Å². The predicted octanol–water partition coefficient (Wildman–Crippen LogP) is 5.14. The first-order valence-corrected chi connectivity index (χ1v) is 8.19. The van der Waals surface area contributed by atoms with Crippen molar-refractivity contribution < 1.29 is 4.84 Å². The Kier molecular flexibility index (Phi) is 5.64. The second-order valence-electron chi connectivity index (χ2n) is 5.68. The minimum Gasteiger partial charge on any atom is -0.374 e. The number of rotatable bonds is 4. The van der Waals surface area contributed by atoms with Crippen LogP contribution < -0.4 is 0 Å². The summed E-state index contributed by atoms with van der Waals surface area (Å²) in [5.74, 6) is 6.34. The van der Waals surface area contributed by atoms with Crippen LogP contribution in [0.3, 0.4) is 0 Å². The van der Waals surface area contributed by atoms with Crippen LogP contribution in [-0.2, 0) is 4.84 Å². The van der Waals surface area contributed by atoms with Crippen LogP contribution in [0.15, 0.2) is 90.1 Å². The Hall–Kier alpha value is -3.31. The first-order valence-electron chi connectivity index (χ1n) is 8.19. The summed E-state index contributed by atoms with van der Waals surface area (Å²) in [4.78, 5) is 5.67. The van der Waals surface area contributed by atoms with Crippen molar-refractivity contribution in [2.24, 2.45) is 5.16 Å². The van der Waals surface area contributed by atoms with Gasteiger partial charge in [0.2, 0.25) is 6.10 Å². The van der Waals surface area contributed by atoms with Gasteiger partial charge in [-0.15, -0.1) is 0 Å². The van der Waals surface area contributed by atoms with E-state index < -0.39 is 6.10 Å². The molecule has 1 atom stereocenters. The minimum atomic E-state index is -0.414. The molecule has 0 saturated carbocycles. The van der Waals surface area contributed by atoms with Crippen LogP contribution in [0.25, 0.3) is 0 Å². The van der Waals surface area contributed by atoms with Gasteiger partial charge in [0.05, 0.1) is 6.21 Å². The Balaban J connectivity index is 1.79. The molecular formula is C23H19NO. The van der Waals surface area contributed by atoms with Gasteiger partial charge in [0, 0.05) is 11.1 Å². The summed E-state index contributed by atoms with van der Waals surface area (Å²) in [6, 6.07) is 27.9. The molecule has 0 amide bonds. The molecule has 0 N–H and O–H groups in total. The van der Waals surface area contributed by atoms with Crippen molar-refractivity contribution in [1.82, 2.24) is 0 Å². The zero-order valence-electron chi connectivity index (χ0n) is 14.1. The first-order chi connectivity index (χ1) is 12.3. The molecule has 2 nitrogen and oxygen atoms in total. The average Bonchev–Trinajstić information content (AvgIpc) is 2.67. The van der Waals surface area contributed by atoms with E-state index in [1.54, 1.807) is 6.21 Å². The van der Waals surface area contributed by atoms with Crippen molar-refractivity contribution in [2.75, 3.05) is 0 Å². The third kappa shape index (κ3) is 5.09. The Morgan fingerprint density at radius 1 is 0.840 bits per heavy atom.